The molecule has 1 amide bonds. The summed E-state index contributed by atoms with van der Waals surface area (Å²) in [6.07, 6.45) is -0.505. The van der Waals surface area contributed by atoms with E-state index < -0.39 is 16.9 Å². The highest BCUT2D eigenvalue weighted by Crippen LogP contribution is 2.37. The Morgan fingerprint density at radius 2 is 1.95 bits per heavy atom. The molecule has 1 aliphatic rings. The third kappa shape index (κ3) is 2.62. The van der Waals surface area contributed by atoms with Gasteiger partial charge in [-0.15, -0.1) is 0 Å². The first kappa shape index (κ1) is 13.6. The second-order valence-electron chi connectivity index (χ2n) is 4.45. The van der Waals surface area contributed by atoms with Gasteiger partial charge in [-0.25, -0.2) is 9.00 Å². The van der Waals surface area contributed by atoms with Gasteiger partial charge in [-0.1, -0.05) is 12.1 Å². The number of nitrogens with one attached hydrogen (secondary N) is 2. The first-order valence-corrected chi connectivity index (χ1v) is 7.69. The highest BCUT2D eigenvalue weighted by Gasteiger charge is 2.21. The van der Waals surface area contributed by atoms with Gasteiger partial charge < -0.3 is 10.1 Å². The first-order valence-electron chi connectivity index (χ1n) is 6.54. The number of anilines is 3. The van der Waals surface area contributed by atoms with E-state index in [4.69, 9.17) is 4.74 Å². The number of fused-ring (bicyclic) bond motifs is 2. The molecule has 6 heteroatoms. The average Bonchev–Trinajstić information content (AvgIpc) is 2.47. The van der Waals surface area contributed by atoms with Crippen molar-refractivity contribution in [1.29, 1.82) is 0 Å². The normalized spacial score (nSPS) is 15.4. The number of benzene rings is 2. The number of para-hydroxylation sites is 1. The van der Waals surface area contributed by atoms with Gasteiger partial charge in [0.2, 0.25) is 0 Å². The smallest absolute Gasteiger partial charge is 0.411 e. The summed E-state index contributed by atoms with van der Waals surface area (Å²) in [7, 11) is -1.22. The number of hydrogen-bond acceptors (Lipinski definition) is 4. The molecule has 2 N–H and O–H groups in total. The van der Waals surface area contributed by atoms with Gasteiger partial charge in [0.15, 0.2) is 0 Å². The highest BCUT2D eigenvalue weighted by atomic mass is 32.2. The van der Waals surface area contributed by atoms with Crippen LogP contribution in [0.2, 0.25) is 0 Å². The summed E-state index contributed by atoms with van der Waals surface area (Å²) in [6, 6.07) is 12.7. The molecule has 0 saturated carbocycles. The number of rotatable bonds is 2. The Kier molecular flexibility index (Phi) is 3.62. The maximum atomic E-state index is 12.5. The lowest BCUT2D eigenvalue weighted by molar-refractivity contribution is 0.168. The Hall–Kier alpha value is -2.34. The fourth-order valence-corrected chi connectivity index (χ4v) is 3.41. The summed E-state index contributed by atoms with van der Waals surface area (Å²) in [5.74, 6) is 0. The molecule has 0 unspecified atom stereocenters. The molecule has 0 aromatic heterocycles. The van der Waals surface area contributed by atoms with E-state index in [1.807, 2.05) is 24.3 Å². The van der Waals surface area contributed by atoms with Crippen LogP contribution in [0.1, 0.15) is 6.92 Å². The third-order valence-electron chi connectivity index (χ3n) is 3.06. The zero-order valence-corrected chi connectivity index (χ0v) is 12.2. The van der Waals surface area contributed by atoms with Crippen LogP contribution in [-0.2, 0) is 15.5 Å². The molecule has 0 spiro atoms. The summed E-state index contributed by atoms with van der Waals surface area (Å²) in [6.45, 7) is 2.06. The van der Waals surface area contributed by atoms with E-state index in [9.17, 15) is 9.00 Å². The molecular formula is C15H14N2O3S. The van der Waals surface area contributed by atoms with Gasteiger partial charge in [0, 0.05) is 5.69 Å². The molecule has 3 rings (SSSR count). The Balaban J connectivity index is 1.91. The minimum absolute atomic E-state index is 0.312. The van der Waals surface area contributed by atoms with Crippen LogP contribution < -0.4 is 10.6 Å². The van der Waals surface area contributed by atoms with Gasteiger partial charge in [-0.05, 0) is 37.3 Å². The van der Waals surface area contributed by atoms with Gasteiger partial charge >= 0.3 is 6.09 Å². The van der Waals surface area contributed by atoms with Crippen molar-refractivity contribution >= 4 is 34.0 Å². The minimum atomic E-state index is -1.22. The number of hydrogen-bond donors (Lipinski definition) is 2. The Labute approximate surface area is 124 Å². The molecule has 21 heavy (non-hydrogen) atoms. The summed E-state index contributed by atoms with van der Waals surface area (Å²) in [5, 5.41) is 5.86. The SMILES string of the molecule is CCOC(=O)Nc1ccc2c(c1)Nc1ccccc1[S@@]2=O. The molecule has 0 bridgehead atoms. The molecule has 5 nitrogen and oxygen atoms in total. The Morgan fingerprint density at radius 3 is 2.76 bits per heavy atom. The van der Waals surface area contributed by atoms with Crippen molar-refractivity contribution < 1.29 is 13.7 Å². The third-order valence-corrected chi connectivity index (χ3v) is 4.57. The molecule has 0 aliphatic carbocycles. The maximum Gasteiger partial charge on any atom is 0.411 e. The largest absolute Gasteiger partial charge is 0.450 e. The van der Waals surface area contributed by atoms with Gasteiger partial charge in [-0.3, -0.25) is 5.32 Å². The maximum absolute atomic E-state index is 12.5. The van der Waals surface area contributed by atoms with Crippen molar-refractivity contribution in [2.75, 3.05) is 17.2 Å². The zero-order valence-electron chi connectivity index (χ0n) is 11.4. The fraction of sp³-hybridized carbons (Fsp3) is 0.133. The number of ether oxygens (including phenoxy) is 1. The predicted molar refractivity (Wildman–Crippen MR) is 81.5 cm³/mol. The summed E-state index contributed by atoms with van der Waals surface area (Å²) >= 11 is 0. The fourth-order valence-electron chi connectivity index (χ4n) is 2.15. The van der Waals surface area contributed by atoms with Crippen LogP contribution in [0, 0.1) is 0 Å². The van der Waals surface area contributed by atoms with E-state index in [2.05, 4.69) is 10.6 Å². The minimum Gasteiger partial charge on any atom is -0.450 e. The molecule has 2 aromatic carbocycles. The Bertz CT molecular complexity index is 731. The highest BCUT2D eigenvalue weighted by molar-refractivity contribution is 7.85. The number of carbonyl (C=O) groups excluding carboxylic acids is 1. The zero-order chi connectivity index (χ0) is 14.8. The van der Waals surface area contributed by atoms with Crippen molar-refractivity contribution in [1.82, 2.24) is 0 Å². The van der Waals surface area contributed by atoms with Crippen molar-refractivity contribution in [3.05, 3.63) is 42.5 Å². The van der Waals surface area contributed by atoms with E-state index in [1.54, 1.807) is 25.1 Å². The van der Waals surface area contributed by atoms with Crippen molar-refractivity contribution in [2.24, 2.45) is 0 Å². The lowest BCUT2D eigenvalue weighted by Crippen LogP contribution is -2.14. The van der Waals surface area contributed by atoms with E-state index in [0.29, 0.717) is 17.2 Å². The number of amides is 1. The summed E-state index contributed by atoms with van der Waals surface area (Å²) in [4.78, 5) is 12.9. The molecule has 1 atom stereocenters. The summed E-state index contributed by atoms with van der Waals surface area (Å²) in [5.41, 5.74) is 2.13. The first-order chi connectivity index (χ1) is 10.2. The van der Waals surface area contributed by atoms with Gasteiger partial charge in [0.05, 0.1) is 38.6 Å². The topological polar surface area (TPSA) is 67.4 Å². The standard InChI is InChI=1S/C15H14N2O3S/c1-2-20-15(18)16-10-7-8-14-12(9-10)17-11-5-3-4-6-13(11)21(14)19/h3-9,17H,2H2,1H3,(H,16,18)/t21-/m0/s1. The molecule has 0 fully saturated rings. The predicted octanol–water partition coefficient (Wildman–Crippen LogP) is 3.48. The summed E-state index contributed by atoms with van der Waals surface area (Å²) < 4.78 is 17.3. The van der Waals surface area contributed by atoms with Gasteiger partial charge in [-0.2, -0.15) is 0 Å². The molecule has 0 saturated heterocycles. The lowest BCUT2D eigenvalue weighted by Gasteiger charge is -2.21. The van der Waals surface area contributed by atoms with Crippen molar-refractivity contribution in [2.45, 2.75) is 16.7 Å². The van der Waals surface area contributed by atoms with E-state index in [1.165, 1.54) is 0 Å². The second-order valence-corrected chi connectivity index (χ2v) is 5.86. The molecule has 0 radical (unpaired) electrons. The molecule has 2 aromatic rings. The van der Waals surface area contributed by atoms with Crippen molar-refractivity contribution in [3.63, 3.8) is 0 Å². The van der Waals surface area contributed by atoms with Crippen LogP contribution in [0.5, 0.6) is 0 Å². The van der Waals surface area contributed by atoms with Crippen molar-refractivity contribution in [3.8, 4) is 0 Å². The lowest BCUT2D eigenvalue weighted by atomic mass is 10.2. The van der Waals surface area contributed by atoms with Gasteiger partial charge in [0.25, 0.3) is 0 Å². The van der Waals surface area contributed by atoms with E-state index in [0.717, 1.165) is 16.3 Å². The van der Waals surface area contributed by atoms with Crippen LogP contribution in [0.3, 0.4) is 0 Å². The quantitative estimate of drug-likeness (QED) is 0.760. The monoisotopic (exact) mass is 302 g/mol. The van der Waals surface area contributed by atoms with Crippen LogP contribution in [-0.4, -0.2) is 16.9 Å². The van der Waals surface area contributed by atoms with Crippen LogP contribution >= 0.6 is 0 Å². The van der Waals surface area contributed by atoms with Crippen LogP contribution in [0.4, 0.5) is 21.9 Å². The molecule has 1 aliphatic heterocycles. The van der Waals surface area contributed by atoms with Crippen LogP contribution in [0.25, 0.3) is 0 Å². The molecule has 108 valence electrons. The average molecular weight is 302 g/mol. The van der Waals surface area contributed by atoms with Crippen LogP contribution in [0.15, 0.2) is 52.3 Å². The van der Waals surface area contributed by atoms with Gasteiger partial charge in [0.1, 0.15) is 0 Å². The second kappa shape index (κ2) is 5.57. The Morgan fingerprint density at radius 1 is 1.19 bits per heavy atom. The molecule has 1 heterocycles. The van der Waals surface area contributed by atoms with E-state index >= 15 is 0 Å². The molecular weight excluding hydrogens is 288 g/mol. The van der Waals surface area contributed by atoms with E-state index in [-0.39, 0.29) is 0 Å². The number of carbonyl (C=O) groups is 1.